The molecule has 8 nitrogen and oxygen atoms in total. The minimum Gasteiger partial charge on any atom is -0.367 e. The standard InChI is InChI=1S/C16H25N7OS/c1-21(2)10-11-23-16(24)22-9-7-12(4-5-14(22)20-23)18-13-6-8-17-15(19-13)25-3/h6,8,12H,4-5,7,9-11H2,1-3H3,(H,17,18,19). The van der Waals surface area contributed by atoms with Gasteiger partial charge in [0.2, 0.25) is 0 Å². The molecule has 0 saturated carbocycles. The summed E-state index contributed by atoms with van der Waals surface area (Å²) in [5, 5.41) is 8.77. The van der Waals surface area contributed by atoms with E-state index in [2.05, 4.69) is 25.3 Å². The highest BCUT2D eigenvalue weighted by Gasteiger charge is 2.21. The monoisotopic (exact) mass is 363 g/mol. The van der Waals surface area contributed by atoms with Crippen molar-refractivity contribution in [1.29, 1.82) is 0 Å². The van der Waals surface area contributed by atoms with Crippen molar-refractivity contribution >= 4 is 17.6 Å². The number of nitrogens with one attached hydrogen (secondary N) is 1. The number of thioether (sulfide) groups is 1. The zero-order valence-electron chi connectivity index (χ0n) is 15.0. The second-order valence-electron chi connectivity index (χ2n) is 6.47. The number of aromatic nitrogens is 5. The molecule has 2 aromatic rings. The van der Waals surface area contributed by atoms with E-state index in [1.54, 1.807) is 10.9 Å². The molecule has 25 heavy (non-hydrogen) atoms. The highest BCUT2D eigenvalue weighted by atomic mass is 32.2. The molecule has 1 aliphatic heterocycles. The van der Waals surface area contributed by atoms with Gasteiger partial charge < -0.3 is 10.2 Å². The van der Waals surface area contributed by atoms with Crippen LogP contribution < -0.4 is 11.0 Å². The van der Waals surface area contributed by atoms with E-state index < -0.39 is 0 Å². The SMILES string of the molecule is CSc1nccc(NC2CCc3nn(CCN(C)C)c(=O)n3CC2)n1. The van der Waals surface area contributed by atoms with Gasteiger partial charge in [0.05, 0.1) is 6.54 Å². The maximum absolute atomic E-state index is 12.5. The molecule has 0 saturated heterocycles. The Hall–Kier alpha value is -1.87. The molecular formula is C16H25N7OS. The summed E-state index contributed by atoms with van der Waals surface area (Å²) < 4.78 is 3.42. The van der Waals surface area contributed by atoms with E-state index >= 15 is 0 Å². The average molecular weight is 363 g/mol. The highest BCUT2D eigenvalue weighted by Crippen LogP contribution is 2.17. The summed E-state index contributed by atoms with van der Waals surface area (Å²) in [7, 11) is 4.00. The van der Waals surface area contributed by atoms with Crippen molar-refractivity contribution < 1.29 is 0 Å². The number of fused-ring (bicyclic) bond motifs is 1. The van der Waals surface area contributed by atoms with Crippen molar-refractivity contribution in [2.45, 2.75) is 43.6 Å². The molecule has 1 unspecified atom stereocenters. The first kappa shape index (κ1) is 17.9. The van der Waals surface area contributed by atoms with Crippen molar-refractivity contribution in [1.82, 2.24) is 29.2 Å². The summed E-state index contributed by atoms with van der Waals surface area (Å²) in [6, 6.07) is 2.16. The molecule has 3 heterocycles. The van der Waals surface area contributed by atoms with E-state index in [-0.39, 0.29) is 11.7 Å². The third-order valence-electron chi connectivity index (χ3n) is 4.34. The Morgan fingerprint density at radius 1 is 1.40 bits per heavy atom. The molecule has 0 bridgehead atoms. The lowest BCUT2D eigenvalue weighted by Gasteiger charge is -2.16. The second kappa shape index (κ2) is 8.01. The van der Waals surface area contributed by atoms with Crippen molar-refractivity contribution in [3.63, 3.8) is 0 Å². The Labute approximate surface area is 151 Å². The van der Waals surface area contributed by atoms with Gasteiger partial charge in [-0.05, 0) is 39.3 Å². The number of rotatable bonds is 6. The van der Waals surface area contributed by atoms with Crippen LogP contribution in [0.25, 0.3) is 0 Å². The maximum Gasteiger partial charge on any atom is 0.345 e. The summed E-state index contributed by atoms with van der Waals surface area (Å²) >= 11 is 1.53. The van der Waals surface area contributed by atoms with Gasteiger partial charge >= 0.3 is 5.69 Å². The number of aryl methyl sites for hydroxylation is 1. The van der Waals surface area contributed by atoms with E-state index in [1.807, 2.05) is 31.0 Å². The molecule has 0 spiro atoms. The predicted molar refractivity (Wildman–Crippen MR) is 99.2 cm³/mol. The third-order valence-corrected chi connectivity index (χ3v) is 4.91. The summed E-state index contributed by atoms with van der Waals surface area (Å²) in [6.45, 7) is 2.13. The van der Waals surface area contributed by atoms with Crippen molar-refractivity contribution in [2.75, 3.05) is 32.2 Å². The fourth-order valence-electron chi connectivity index (χ4n) is 2.94. The van der Waals surface area contributed by atoms with Gasteiger partial charge in [0, 0.05) is 31.7 Å². The van der Waals surface area contributed by atoms with Crippen LogP contribution in [0.3, 0.4) is 0 Å². The Morgan fingerprint density at radius 2 is 2.24 bits per heavy atom. The van der Waals surface area contributed by atoms with Gasteiger partial charge in [-0.25, -0.2) is 19.4 Å². The van der Waals surface area contributed by atoms with Gasteiger partial charge in [-0.1, -0.05) is 11.8 Å². The fraction of sp³-hybridized carbons (Fsp3) is 0.625. The van der Waals surface area contributed by atoms with Crippen LogP contribution in [-0.2, 0) is 19.5 Å². The maximum atomic E-state index is 12.5. The second-order valence-corrected chi connectivity index (χ2v) is 7.25. The fourth-order valence-corrected chi connectivity index (χ4v) is 3.30. The van der Waals surface area contributed by atoms with Gasteiger partial charge in [0.1, 0.15) is 11.6 Å². The lowest BCUT2D eigenvalue weighted by Crippen LogP contribution is -2.30. The minimum absolute atomic E-state index is 0.00389. The highest BCUT2D eigenvalue weighted by molar-refractivity contribution is 7.98. The zero-order valence-corrected chi connectivity index (χ0v) is 15.8. The van der Waals surface area contributed by atoms with Crippen LogP contribution >= 0.6 is 11.8 Å². The molecule has 0 radical (unpaired) electrons. The van der Waals surface area contributed by atoms with Gasteiger partial charge in [-0.2, -0.15) is 5.10 Å². The molecule has 0 fully saturated rings. The summed E-state index contributed by atoms with van der Waals surface area (Å²) in [5.74, 6) is 1.73. The average Bonchev–Trinajstić information content (AvgIpc) is 2.77. The number of nitrogens with zero attached hydrogens (tertiary/aromatic N) is 6. The molecule has 3 rings (SSSR count). The first-order valence-electron chi connectivity index (χ1n) is 8.51. The number of hydrogen-bond acceptors (Lipinski definition) is 7. The number of hydrogen-bond donors (Lipinski definition) is 1. The summed E-state index contributed by atoms with van der Waals surface area (Å²) in [6.07, 6.45) is 6.34. The Morgan fingerprint density at radius 3 is 3.00 bits per heavy atom. The molecule has 0 amide bonds. The first-order chi connectivity index (χ1) is 12.1. The van der Waals surface area contributed by atoms with E-state index in [4.69, 9.17) is 0 Å². The summed E-state index contributed by atoms with van der Waals surface area (Å²) in [5.41, 5.74) is 0.00389. The zero-order chi connectivity index (χ0) is 17.8. The molecule has 1 N–H and O–H groups in total. The first-order valence-corrected chi connectivity index (χ1v) is 9.74. The lowest BCUT2D eigenvalue weighted by atomic mass is 10.1. The number of likely N-dealkylation sites (N-methyl/N-ethyl adjacent to an activating group) is 1. The Bertz CT molecular complexity index is 770. The van der Waals surface area contributed by atoms with Crippen LogP contribution in [0.4, 0.5) is 5.82 Å². The van der Waals surface area contributed by atoms with Crippen molar-refractivity contribution in [3.8, 4) is 0 Å². The quantitative estimate of drug-likeness (QED) is 0.604. The lowest BCUT2D eigenvalue weighted by molar-refractivity contribution is 0.367. The number of anilines is 1. The molecule has 0 aromatic carbocycles. The van der Waals surface area contributed by atoms with Crippen LogP contribution in [0.2, 0.25) is 0 Å². The van der Waals surface area contributed by atoms with Crippen molar-refractivity contribution in [2.24, 2.45) is 0 Å². The molecule has 2 aromatic heterocycles. The van der Waals surface area contributed by atoms with Crippen molar-refractivity contribution in [3.05, 3.63) is 28.6 Å². The predicted octanol–water partition coefficient (Wildman–Crippen LogP) is 0.935. The normalized spacial score (nSPS) is 17.4. The van der Waals surface area contributed by atoms with Crippen LogP contribution in [0.1, 0.15) is 18.7 Å². The van der Waals surface area contributed by atoms with E-state index in [9.17, 15) is 4.79 Å². The topological polar surface area (TPSA) is 80.9 Å². The molecule has 136 valence electrons. The van der Waals surface area contributed by atoms with Crippen LogP contribution in [0.5, 0.6) is 0 Å². The summed E-state index contributed by atoms with van der Waals surface area (Å²) in [4.78, 5) is 23.3. The third kappa shape index (κ3) is 4.40. The Balaban J connectivity index is 1.65. The molecule has 1 atom stereocenters. The van der Waals surface area contributed by atoms with Gasteiger partial charge in [0.15, 0.2) is 5.16 Å². The van der Waals surface area contributed by atoms with Gasteiger partial charge in [0.25, 0.3) is 0 Å². The van der Waals surface area contributed by atoms with Gasteiger partial charge in [-0.3, -0.25) is 4.57 Å². The molecule has 0 aliphatic carbocycles. The Kier molecular flexibility index (Phi) is 5.74. The van der Waals surface area contributed by atoms with E-state index in [0.29, 0.717) is 13.1 Å². The molecular weight excluding hydrogens is 338 g/mol. The molecule has 1 aliphatic rings. The van der Waals surface area contributed by atoms with E-state index in [0.717, 1.165) is 42.6 Å². The molecule has 9 heteroatoms. The largest absolute Gasteiger partial charge is 0.367 e. The van der Waals surface area contributed by atoms with Crippen LogP contribution in [0, 0.1) is 0 Å². The smallest absolute Gasteiger partial charge is 0.345 e. The van der Waals surface area contributed by atoms with Crippen LogP contribution in [0.15, 0.2) is 22.2 Å². The minimum atomic E-state index is 0.00389. The van der Waals surface area contributed by atoms with Crippen LogP contribution in [-0.4, -0.2) is 62.2 Å². The van der Waals surface area contributed by atoms with E-state index in [1.165, 1.54) is 11.8 Å². The van der Waals surface area contributed by atoms with Gasteiger partial charge in [-0.15, -0.1) is 0 Å².